The topological polar surface area (TPSA) is 95.9 Å². The summed E-state index contributed by atoms with van der Waals surface area (Å²) in [6, 6.07) is 22.5. The van der Waals surface area contributed by atoms with Crippen LogP contribution in [0.15, 0.2) is 72.8 Å². The Bertz CT molecular complexity index is 1220. The number of carboxylic acid groups (broad SMARTS) is 1. The second-order valence-corrected chi connectivity index (χ2v) is 8.91. The van der Waals surface area contributed by atoms with E-state index in [1.54, 1.807) is 24.3 Å². The molecule has 1 heterocycles. The molecule has 1 saturated heterocycles. The van der Waals surface area contributed by atoms with Crippen molar-refractivity contribution in [2.75, 3.05) is 18.5 Å². The summed E-state index contributed by atoms with van der Waals surface area (Å²) in [5, 5.41) is 12.0. The fourth-order valence-electron chi connectivity index (χ4n) is 5.06. The number of rotatable bonds is 6. The molecule has 2 N–H and O–H groups in total. The lowest BCUT2D eigenvalue weighted by molar-refractivity contribution is -0.148. The van der Waals surface area contributed by atoms with E-state index in [0.29, 0.717) is 25.1 Å². The van der Waals surface area contributed by atoms with Crippen molar-refractivity contribution in [1.29, 1.82) is 0 Å². The minimum atomic E-state index is -0.960. The second-order valence-electron chi connectivity index (χ2n) is 8.91. The van der Waals surface area contributed by atoms with Crippen LogP contribution in [0.4, 0.5) is 10.5 Å². The Hall–Kier alpha value is -4.13. The summed E-state index contributed by atoms with van der Waals surface area (Å²) in [5.41, 5.74) is 5.96. The van der Waals surface area contributed by atoms with Crippen molar-refractivity contribution < 1.29 is 24.2 Å². The average Bonchev–Trinajstić information content (AvgIpc) is 3.48. The molecule has 178 valence electrons. The van der Waals surface area contributed by atoms with Gasteiger partial charge in [-0.25, -0.2) is 9.59 Å². The van der Waals surface area contributed by atoms with Crippen LogP contribution in [0.2, 0.25) is 0 Å². The minimum Gasteiger partial charge on any atom is -0.480 e. The van der Waals surface area contributed by atoms with Gasteiger partial charge in [0.15, 0.2) is 0 Å². The minimum absolute atomic E-state index is 0.0123. The number of nitrogens with zero attached hydrogens (tertiary/aromatic N) is 1. The van der Waals surface area contributed by atoms with E-state index >= 15 is 0 Å². The van der Waals surface area contributed by atoms with E-state index in [-0.39, 0.29) is 24.9 Å². The van der Waals surface area contributed by atoms with E-state index in [1.165, 1.54) is 16.0 Å². The Kier molecular flexibility index (Phi) is 6.23. The van der Waals surface area contributed by atoms with Crippen LogP contribution in [0.25, 0.3) is 11.1 Å². The number of aliphatic carboxylic acids is 1. The van der Waals surface area contributed by atoms with Gasteiger partial charge in [0.2, 0.25) is 5.91 Å². The third kappa shape index (κ3) is 4.62. The number of amides is 2. The van der Waals surface area contributed by atoms with Crippen LogP contribution in [0.3, 0.4) is 0 Å². The van der Waals surface area contributed by atoms with E-state index in [4.69, 9.17) is 4.74 Å². The summed E-state index contributed by atoms with van der Waals surface area (Å²) in [6.45, 7) is 0.699. The highest BCUT2D eigenvalue weighted by Gasteiger charge is 2.33. The molecule has 0 bridgehead atoms. The number of carbonyl (C=O) groups is 3. The zero-order chi connectivity index (χ0) is 24.4. The number of hydrogen-bond donors (Lipinski definition) is 2. The molecule has 1 aliphatic carbocycles. The van der Waals surface area contributed by atoms with Crippen LogP contribution in [-0.4, -0.2) is 47.2 Å². The maximum atomic E-state index is 12.6. The molecule has 7 nitrogen and oxygen atoms in total. The Morgan fingerprint density at radius 2 is 1.54 bits per heavy atom. The molecule has 35 heavy (non-hydrogen) atoms. The number of hydrogen-bond acceptors (Lipinski definition) is 4. The number of fused-ring (bicyclic) bond motifs is 3. The molecule has 0 radical (unpaired) electrons. The predicted molar refractivity (Wildman–Crippen MR) is 131 cm³/mol. The monoisotopic (exact) mass is 470 g/mol. The number of benzene rings is 3. The zero-order valence-electron chi connectivity index (χ0n) is 19.1. The summed E-state index contributed by atoms with van der Waals surface area (Å²) in [4.78, 5) is 37.8. The van der Waals surface area contributed by atoms with Gasteiger partial charge in [-0.3, -0.25) is 10.1 Å². The van der Waals surface area contributed by atoms with Gasteiger partial charge in [-0.1, -0.05) is 60.7 Å². The van der Waals surface area contributed by atoms with E-state index in [2.05, 4.69) is 29.6 Å². The highest BCUT2D eigenvalue weighted by atomic mass is 16.5. The first-order chi connectivity index (χ1) is 17.0. The standard InChI is InChI=1S/C28H26N2O5/c31-26(30-15-5-10-25(30)27(32)33)16-18-11-13-19(14-12-18)29-28(34)35-17-24-22-8-3-1-6-20(22)21-7-2-4-9-23(21)24/h1-4,6-9,11-14,24-25H,5,10,15-17H2,(H,29,34)(H,32,33). The summed E-state index contributed by atoms with van der Waals surface area (Å²) in [5.74, 6) is -1.17. The van der Waals surface area contributed by atoms with Crippen LogP contribution in [0.5, 0.6) is 0 Å². The van der Waals surface area contributed by atoms with Crippen LogP contribution >= 0.6 is 0 Å². The van der Waals surface area contributed by atoms with Crippen molar-refractivity contribution in [2.24, 2.45) is 0 Å². The quantitative estimate of drug-likeness (QED) is 0.546. The molecular weight excluding hydrogens is 444 g/mol. The van der Waals surface area contributed by atoms with Crippen molar-refractivity contribution in [3.8, 4) is 11.1 Å². The van der Waals surface area contributed by atoms with Crippen molar-refractivity contribution in [3.05, 3.63) is 89.5 Å². The fourth-order valence-corrected chi connectivity index (χ4v) is 5.06. The molecule has 2 aliphatic rings. The lowest BCUT2D eigenvalue weighted by Crippen LogP contribution is -2.41. The fraction of sp³-hybridized carbons (Fsp3) is 0.250. The molecule has 3 aromatic rings. The van der Waals surface area contributed by atoms with Gasteiger partial charge in [0.1, 0.15) is 12.6 Å². The van der Waals surface area contributed by atoms with Crippen LogP contribution in [-0.2, 0) is 20.7 Å². The van der Waals surface area contributed by atoms with Gasteiger partial charge in [-0.05, 0) is 52.8 Å². The lowest BCUT2D eigenvalue weighted by atomic mass is 9.98. The first-order valence-electron chi connectivity index (χ1n) is 11.7. The van der Waals surface area contributed by atoms with Crippen molar-refractivity contribution in [3.63, 3.8) is 0 Å². The van der Waals surface area contributed by atoms with E-state index in [0.717, 1.165) is 16.7 Å². The van der Waals surface area contributed by atoms with Crippen LogP contribution in [0, 0.1) is 0 Å². The second kappa shape index (κ2) is 9.62. The van der Waals surface area contributed by atoms with Crippen molar-refractivity contribution in [1.82, 2.24) is 4.90 Å². The van der Waals surface area contributed by atoms with Gasteiger partial charge in [0.25, 0.3) is 0 Å². The summed E-state index contributed by atoms with van der Waals surface area (Å²) in [7, 11) is 0. The third-order valence-electron chi connectivity index (χ3n) is 6.76. The third-order valence-corrected chi connectivity index (χ3v) is 6.76. The molecular formula is C28H26N2O5. The molecule has 3 aromatic carbocycles. The normalized spacial score (nSPS) is 16.5. The predicted octanol–water partition coefficient (Wildman–Crippen LogP) is 4.67. The van der Waals surface area contributed by atoms with Gasteiger partial charge < -0.3 is 14.7 Å². The van der Waals surface area contributed by atoms with Crippen LogP contribution in [0.1, 0.15) is 35.4 Å². The number of carbonyl (C=O) groups excluding carboxylic acids is 2. The van der Waals surface area contributed by atoms with Crippen LogP contribution < -0.4 is 5.32 Å². The molecule has 2 amide bonds. The molecule has 0 spiro atoms. The summed E-state index contributed by atoms with van der Waals surface area (Å²) < 4.78 is 5.57. The number of carboxylic acids is 1. The Labute approximate surface area is 203 Å². The first-order valence-corrected chi connectivity index (χ1v) is 11.7. The number of likely N-dealkylation sites (tertiary alicyclic amines) is 1. The Morgan fingerprint density at radius 3 is 2.17 bits per heavy atom. The SMILES string of the molecule is O=C(Nc1ccc(CC(=O)N2CCCC2C(=O)O)cc1)OCC1c2ccccc2-c2ccccc21. The summed E-state index contributed by atoms with van der Waals surface area (Å²) >= 11 is 0. The van der Waals surface area contributed by atoms with Crippen molar-refractivity contribution in [2.45, 2.75) is 31.2 Å². The number of ether oxygens (including phenoxy) is 1. The Balaban J connectivity index is 1.17. The number of nitrogens with one attached hydrogen (secondary N) is 1. The highest BCUT2D eigenvalue weighted by molar-refractivity contribution is 5.87. The molecule has 1 atom stereocenters. The van der Waals surface area contributed by atoms with E-state index < -0.39 is 18.1 Å². The van der Waals surface area contributed by atoms with Crippen molar-refractivity contribution >= 4 is 23.7 Å². The smallest absolute Gasteiger partial charge is 0.411 e. The van der Waals surface area contributed by atoms with Gasteiger partial charge >= 0.3 is 12.1 Å². The van der Waals surface area contributed by atoms with Gasteiger partial charge in [0, 0.05) is 18.2 Å². The molecule has 5 rings (SSSR count). The van der Waals surface area contributed by atoms with E-state index in [1.807, 2.05) is 24.3 Å². The number of anilines is 1. The molecule has 1 fully saturated rings. The molecule has 0 aromatic heterocycles. The molecule has 7 heteroatoms. The Morgan fingerprint density at radius 1 is 0.914 bits per heavy atom. The van der Waals surface area contributed by atoms with Gasteiger partial charge in [-0.15, -0.1) is 0 Å². The first kappa shape index (κ1) is 22.7. The molecule has 1 unspecified atom stereocenters. The van der Waals surface area contributed by atoms with Gasteiger partial charge in [-0.2, -0.15) is 0 Å². The maximum absolute atomic E-state index is 12.6. The largest absolute Gasteiger partial charge is 0.480 e. The highest BCUT2D eigenvalue weighted by Crippen LogP contribution is 2.44. The zero-order valence-corrected chi connectivity index (χ0v) is 19.1. The van der Waals surface area contributed by atoms with E-state index in [9.17, 15) is 19.5 Å². The molecule has 0 saturated carbocycles. The maximum Gasteiger partial charge on any atom is 0.411 e. The lowest BCUT2D eigenvalue weighted by Gasteiger charge is -2.21. The molecule has 1 aliphatic heterocycles. The average molecular weight is 471 g/mol. The van der Waals surface area contributed by atoms with Gasteiger partial charge in [0.05, 0.1) is 6.42 Å². The summed E-state index contributed by atoms with van der Waals surface area (Å²) in [6.07, 6.45) is 0.766.